The van der Waals surface area contributed by atoms with E-state index in [9.17, 15) is 20.0 Å². The Kier molecular flexibility index (Phi) is 6.38. The minimum atomic E-state index is -0.451. The number of aliphatic hydroxyl groups excluding tert-OH is 1. The van der Waals surface area contributed by atoms with Crippen LogP contribution in [0.25, 0.3) is 0 Å². The van der Waals surface area contributed by atoms with Crippen LogP contribution in [-0.2, 0) is 11.2 Å². The molecule has 0 bridgehead atoms. The van der Waals surface area contributed by atoms with Crippen LogP contribution in [-0.4, -0.2) is 58.5 Å². The van der Waals surface area contributed by atoms with Gasteiger partial charge in [-0.2, -0.15) is 0 Å². The lowest BCUT2D eigenvalue weighted by Gasteiger charge is -2.32. The van der Waals surface area contributed by atoms with Crippen LogP contribution in [0.4, 0.5) is 5.69 Å². The van der Waals surface area contributed by atoms with Crippen molar-refractivity contribution in [1.82, 2.24) is 9.80 Å². The number of carbonyl (C=O) groups is 1. The number of likely N-dealkylation sites (N-methyl/N-ethyl adjacent to an activating group) is 1. The minimum absolute atomic E-state index is 0.0132. The minimum Gasteiger partial charge on any atom is -0.392 e. The van der Waals surface area contributed by atoms with E-state index in [1.807, 2.05) is 30.3 Å². The Bertz CT molecular complexity index is 810. The molecule has 1 unspecified atom stereocenters. The summed E-state index contributed by atoms with van der Waals surface area (Å²) >= 11 is 0. The number of aliphatic hydroxyl groups is 1. The topological polar surface area (TPSA) is 86.9 Å². The summed E-state index contributed by atoms with van der Waals surface area (Å²) in [4.78, 5) is 27.2. The molecule has 1 fully saturated rings. The highest BCUT2D eigenvalue weighted by atomic mass is 16.6. The van der Waals surface area contributed by atoms with E-state index in [2.05, 4.69) is 4.90 Å². The summed E-state index contributed by atoms with van der Waals surface area (Å²) in [6, 6.07) is 15.8. The molecule has 0 spiro atoms. The molecular formula is C21H25N3O4. The summed E-state index contributed by atoms with van der Waals surface area (Å²) in [6.45, 7) is 2.09. The zero-order valence-electron chi connectivity index (χ0n) is 15.9. The van der Waals surface area contributed by atoms with Gasteiger partial charge in [0.1, 0.15) is 0 Å². The number of non-ortho nitro benzene ring substituents is 1. The summed E-state index contributed by atoms with van der Waals surface area (Å²) in [6.07, 6.45) is 0.625. The van der Waals surface area contributed by atoms with Gasteiger partial charge in [0.2, 0.25) is 5.91 Å². The van der Waals surface area contributed by atoms with Crippen LogP contribution in [0.2, 0.25) is 0 Å². The number of amides is 1. The fourth-order valence-electron chi connectivity index (χ4n) is 3.56. The molecule has 1 heterocycles. The molecule has 1 saturated heterocycles. The van der Waals surface area contributed by atoms with E-state index in [1.165, 1.54) is 12.1 Å². The Balaban J connectivity index is 1.73. The van der Waals surface area contributed by atoms with Gasteiger partial charge >= 0.3 is 0 Å². The monoisotopic (exact) mass is 383 g/mol. The zero-order chi connectivity index (χ0) is 20.1. The molecule has 1 amide bonds. The summed E-state index contributed by atoms with van der Waals surface area (Å²) < 4.78 is 0. The maximum atomic E-state index is 12.9. The molecule has 2 aromatic rings. The molecule has 28 heavy (non-hydrogen) atoms. The van der Waals surface area contributed by atoms with Gasteiger partial charge in [-0.15, -0.1) is 0 Å². The van der Waals surface area contributed by atoms with Crippen molar-refractivity contribution < 1.29 is 14.8 Å². The van der Waals surface area contributed by atoms with Gasteiger partial charge in [0.25, 0.3) is 5.69 Å². The Morgan fingerprint density at radius 3 is 2.50 bits per heavy atom. The molecule has 2 atom stereocenters. The predicted molar refractivity (Wildman–Crippen MR) is 106 cm³/mol. The fourth-order valence-corrected chi connectivity index (χ4v) is 3.56. The Morgan fingerprint density at radius 1 is 1.25 bits per heavy atom. The van der Waals surface area contributed by atoms with Crippen molar-refractivity contribution in [2.45, 2.75) is 25.0 Å². The molecule has 3 rings (SSSR count). The number of nitrogens with zero attached hydrogens (tertiary/aromatic N) is 3. The van der Waals surface area contributed by atoms with E-state index in [0.717, 1.165) is 24.1 Å². The van der Waals surface area contributed by atoms with Gasteiger partial charge in [-0.3, -0.25) is 19.8 Å². The number of nitro benzene ring substituents is 1. The maximum Gasteiger partial charge on any atom is 0.269 e. The van der Waals surface area contributed by atoms with Gasteiger partial charge in [0.05, 0.1) is 23.5 Å². The summed E-state index contributed by atoms with van der Waals surface area (Å²) in [7, 11) is 1.79. The lowest BCUT2D eigenvalue weighted by Crippen LogP contribution is -2.39. The maximum absolute atomic E-state index is 12.9. The highest BCUT2D eigenvalue weighted by Crippen LogP contribution is 2.24. The summed E-state index contributed by atoms with van der Waals surface area (Å²) in [5.41, 5.74) is 1.80. The molecular weight excluding hydrogens is 358 g/mol. The van der Waals surface area contributed by atoms with Gasteiger partial charge in [-0.05, 0) is 17.5 Å². The first-order valence-electron chi connectivity index (χ1n) is 9.38. The third-order valence-corrected chi connectivity index (χ3v) is 5.23. The first-order chi connectivity index (χ1) is 13.4. The molecule has 0 aliphatic carbocycles. The fraction of sp³-hybridized carbons (Fsp3) is 0.381. The third kappa shape index (κ3) is 4.94. The molecule has 7 heteroatoms. The molecule has 0 radical (unpaired) electrons. The standard InChI is InChI=1S/C21H25N3O4/c1-22(21(26)13-16-7-9-18(10-8-16)24(27)28)20(17-5-3-2-4-6-17)15-23-12-11-19(25)14-23/h2-10,19-20,25H,11-15H2,1H3/t19-,20?/m1/s1. The average Bonchev–Trinajstić information content (AvgIpc) is 3.11. The number of hydrogen-bond acceptors (Lipinski definition) is 5. The highest BCUT2D eigenvalue weighted by Gasteiger charge is 2.28. The molecule has 1 N–H and O–H groups in total. The Labute approximate surface area is 164 Å². The van der Waals surface area contributed by atoms with Crippen LogP contribution >= 0.6 is 0 Å². The van der Waals surface area contributed by atoms with Crippen LogP contribution in [0, 0.1) is 10.1 Å². The van der Waals surface area contributed by atoms with Gasteiger partial charge in [-0.25, -0.2) is 0 Å². The number of carbonyl (C=O) groups excluding carboxylic acids is 1. The van der Waals surface area contributed by atoms with Crippen LogP contribution in [0.15, 0.2) is 54.6 Å². The summed E-state index contributed by atoms with van der Waals surface area (Å²) in [5, 5.41) is 20.6. The molecule has 1 aliphatic rings. The van der Waals surface area contributed by atoms with E-state index in [4.69, 9.17) is 0 Å². The van der Waals surface area contributed by atoms with Crippen molar-refractivity contribution in [1.29, 1.82) is 0 Å². The van der Waals surface area contributed by atoms with Gasteiger partial charge in [0.15, 0.2) is 0 Å². The number of rotatable bonds is 7. The number of benzene rings is 2. The lowest BCUT2D eigenvalue weighted by atomic mass is 10.0. The van der Waals surface area contributed by atoms with E-state index in [1.54, 1.807) is 24.1 Å². The molecule has 2 aromatic carbocycles. The molecule has 7 nitrogen and oxygen atoms in total. The molecule has 148 valence electrons. The predicted octanol–water partition coefficient (Wildman–Crippen LogP) is 2.40. The lowest BCUT2D eigenvalue weighted by molar-refractivity contribution is -0.384. The van der Waals surface area contributed by atoms with Crippen LogP contribution in [0.3, 0.4) is 0 Å². The second-order valence-corrected chi connectivity index (χ2v) is 7.23. The summed E-state index contributed by atoms with van der Waals surface area (Å²) in [5.74, 6) is -0.0533. The SMILES string of the molecule is CN(C(=O)Cc1ccc([N+](=O)[O-])cc1)C(CN1CC[C@@H](O)C1)c1ccccc1. The van der Waals surface area contributed by atoms with Crippen molar-refractivity contribution in [3.8, 4) is 0 Å². The Hall–Kier alpha value is -2.77. The normalized spacial score (nSPS) is 18.0. The molecule has 0 aromatic heterocycles. The number of nitro groups is 1. The second-order valence-electron chi connectivity index (χ2n) is 7.23. The molecule has 1 aliphatic heterocycles. The van der Waals surface area contributed by atoms with Crippen molar-refractivity contribution in [3.63, 3.8) is 0 Å². The highest BCUT2D eigenvalue weighted by molar-refractivity contribution is 5.79. The van der Waals surface area contributed by atoms with E-state index >= 15 is 0 Å². The van der Waals surface area contributed by atoms with Gasteiger partial charge in [-0.1, -0.05) is 42.5 Å². The number of β-amino-alcohol motifs (C(OH)–C–C–N with tert-alkyl or cyclic N) is 1. The Morgan fingerprint density at radius 2 is 1.93 bits per heavy atom. The largest absolute Gasteiger partial charge is 0.392 e. The van der Waals surface area contributed by atoms with Crippen LogP contribution in [0.5, 0.6) is 0 Å². The van der Waals surface area contributed by atoms with E-state index in [0.29, 0.717) is 13.1 Å². The third-order valence-electron chi connectivity index (χ3n) is 5.23. The van der Waals surface area contributed by atoms with Crippen LogP contribution < -0.4 is 0 Å². The van der Waals surface area contributed by atoms with Crippen molar-refractivity contribution in [2.75, 3.05) is 26.7 Å². The van der Waals surface area contributed by atoms with Crippen molar-refractivity contribution in [3.05, 3.63) is 75.8 Å². The van der Waals surface area contributed by atoms with Gasteiger partial charge in [0, 0.05) is 38.8 Å². The van der Waals surface area contributed by atoms with E-state index < -0.39 is 4.92 Å². The number of hydrogen-bond donors (Lipinski definition) is 1. The number of likely N-dealkylation sites (tertiary alicyclic amines) is 1. The zero-order valence-corrected chi connectivity index (χ0v) is 15.9. The first kappa shape index (κ1) is 20.0. The van der Waals surface area contributed by atoms with Crippen molar-refractivity contribution >= 4 is 11.6 Å². The quantitative estimate of drug-likeness (QED) is 0.586. The van der Waals surface area contributed by atoms with Gasteiger partial charge < -0.3 is 10.0 Å². The first-order valence-corrected chi connectivity index (χ1v) is 9.38. The van der Waals surface area contributed by atoms with Crippen LogP contribution in [0.1, 0.15) is 23.6 Å². The van der Waals surface area contributed by atoms with E-state index in [-0.39, 0.29) is 30.2 Å². The average molecular weight is 383 g/mol. The molecule has 0 saturated carbocycles. The van der Waals surface area contributed by atoms with Crippen molar-refractivity contribution in [2.24, 2.45) is 0 Å². The smallest absolute Gasteiger partial charge is 0.269 e. The second kappa shape index (κ2) is 8.95.